The highest BCUT2D eigenvalue weighted by Crippen LogP contribution is 2.17. The zero-order chi connectivity index (χ0) is 11.5. The third kappa shape index (κ3) is 2.67. The minimum atomic E-state index is 0.0919. The van der Waals surface area contributed by atoms with Gasteiger partial charge in [-0.1, -0.05) is 6.92 Å². The monoisotopic (exact) mass is 226 g/mol. The number of urea groups is 1. The van der Waals surface area contributed by atoms with Gasteiger partial charge in [0.05, 0.1) is 12.1 Å². The Hall–Kier alpha value is -0.770. The molecule has 0 aromatic heterocycles. The Kier molecular flexibility index (Phi) is 3.69. The summed E-state index contributed by atoms with van der Waals surface area (Å²) in [4.78, 5) is 13.9. The van der Waals surface area contributed by atoms with Gasteiger partial charge in [-0.25, -0.2) is 4.79 Å². The van der Waals surface area contributed by atoms with E-state index in [1.165, 1.54) is 0 Å². The van der Waals surface area contributed by atoms with E-state index in [1.807, 2.05) is 11.8 Å². The van der Waals surface area contributed by atoms with Crippen LogP contribution in [-0.2, 0) is 4.74 Å². The van der Waals surface area contributed by atoms with E-state index in [9.17, 15) is 4.79 Å². The Balaban J connectivity index is 1.79. The van der Waals surface area contributed by atoms with E-state index in [0.717, 1.165) is 44.9 Å². The Morgan fingerprint density at radius 2 is 1.94 bits per heavy atom. The van der Waals surface area contributed by atoms with Crippen molar-refractivity contribution in [3.8, 4) is 0 Å². The quantitative estimate of drug-likeness (QED) is 0.738. The fourth-order valence-corrected chi connectivity index (χ4v) is 2.38. The van der Waals surface area contributed by atoms with Crippen LogP contribution in [0, 0.1) is 5.92 Å². The first-order valence-corrected chi connectivity index (χ1v) is 6.34. The average molecular weight is 226 g/mol. The van der Waals surface area contributed by atoms with Crippen LogP contribution in [0.15, 0.2) is 0 Å². The Morgan fingerprint density at radius 1 is 1.25 bits per heavy atom. The molecular weight excluding hydrogens is 204 g/mol. The first-order chi connectivity index (χ1) is 7.66. The highest BCUT2D eigenvalue weighted by atomic mass is 16.5. The van der Waals surface area contributed by atoms with Gasteiger partial charge >= 0.3 is 6.03 Å². The predicted octanol–water partition coefficient (Wildman–Crippen LogP) is 1.61. The van der Waals surface area contributed by atoms with Gasteiger partial charge in [0.15, 0.2) is 0 Å². The molecule has 0 aromatic rings. The van der Waals surface area contributed by atoms with Crippen molar-refractivity contribution in [2.75, 3.05) is 19.7 Å². The fourth-order valence-electron chi connectivity index (χ4n) is 2.38. The fraction of sp³-hybridized carbons (Fsp3) is 0.917. The molecule has 92 valence electrons. The first kappa shape index (κ1) is 11.7. The van der Waals surface area contributed by atoms with Gasteiger partial charge in [0.25, 0.3) is 0 Å². The van der Waals surface area contributed by atoms with Gasteiger partial charge in [0, 0.05) is 19.7 Å². The molecule has 0 aromatic carbocycles. The number of hydrogen-bond acceptors (Lipinski definition) is 2. The summed E-state index contributed by atoms with van der Waals surface area (Å²) in [7, 11) is 0. The molecule has 0 radical (unpaired) electrons. The molecule has 2 atom stereocenters. The molecule has 0 bridgehead atoms. The largest absolute Gasteiger partial charge is 0.376 e. The molecule has 2 amide bonds. The van der Waals surface area contributed by atoms with Crippen molar-refractivity contribution in [2.45, 2.75) is 45.3 Å². The first-order valence-electron chi connectivity index (χ1n) is 6.34. The lowest BCUT2D eigenvalue weighted by molar-refractivity contribution is 0.110. The van der Waals surface area contributed by atoms with Crippen LogP contribution in [0.4, 0.5) is 4.79 Å². The van der Waals surface area contributed by atoms with Crippen molar-refractivity contribution in [2.24, 2.45) is 5.92 Å². The number of piperidine rings is 1. The van der Waals surface area contributed by atoms with Crippen LogP contribution in [0.25, 0.3) is 0 Å². The summed E-state index contributed by atoms with van der Waals surface area (Å²) >= 11 is 0. The van der Waals surface area contributed by atoms with Gasteiger partial charge in [0.2, 0.25) is 0 Å². The molecule has 1 N–H and O–H groups in total. The highest BCUT2D eigenvalue weighted by molar-refractivity contribution is 5.74. The van der Waals surface area contributed by atoms with E-state index in [0.29, 0.717) is 0 Å². The molecule has 4 heteroatoms. The summed E-state index contributed by atoms with van der Waals surface area (Å²) < 4.78 is 5.44. The number of amides is 2. The van der Waals surface area contributed by atoms with Crippen LogP contribution in [0.2, 0.25) is 0 Å². The van der Waals surface area contributed by atoms with E-state index >= 15 is 0 Å². The topological polar surface area (TPSA) is 41.6 Å². The van der Waals surface area contributed by atoms with Crippen molar-refractivity contribution < 1.29 is 9.53 Å². The predicted molar refractivity (Wildman–Crippen MR) is 62.3 cm³/mol. The minimum absolute atomic E-state index is 0.0919. The van der Waals surface area contributed by atoms with Crippen LogP contribution in [0.5, 0.6) is 0 Å². The zero-order valence-electron chi connectivity index (χ0n) is 10.2. The second kappa shape index (κ2) is 5.04. The number of nitrogens with one attached hydrogen (secondary N) is 1. The number of nitrogens with zero attached hydrogens (tertiary/aromatic N) is 1. The van der Waals surface area contributed by atoms with Gasteiger partial charge in [-0.15, -0.1) is 0 Å². The van der Waals surface area contributed by atoms with E-state index < -0.39 is 0 Å². The highest BCUT2D eigenvalue weighted by Gasteiger charge is 2.28. The number of ether oxygens (including phenoxy) is 1. The van der Waals surface area contributed by atoms with Gasteiger partial charge < -0.3 is 15.0 Å². The molecule has 2 unspecified atom stereocenters. The van der Waals surface area contributed by atoms with Crippen molar-refractivity contribution in [1.82, 2.24) is 10.2 Å². The lowest BCUT2D eigenvalue weighted by atomic mass is 9.99. The molecule has 0 spiro atoms. The standard InChI is InChI=1S/C12H22N2O2/c1-9-3-6-14(7-4-9)12(15)13-11-5-8-16-10(11)2/h9-11H,3-8H2,1-2H3,(H,13,15). The van der Waals surface area contributed by atoms with E-state index in [1.54, 1.807) is 0 Å². The second-order valence-electron chi connectivity index (χ2n) is 5.09. The molecule has 2 saturated heterocycles. The molecule has 2 aliphatic heterocycles. The second-order valence-corrected chi connectivity index (χ2v) is 5.09. The molecule has 2 aliphatic rings. The normalized spacial score (nSPS) is 31.8. The van der Waals surface area contributed by atoms with Crippen LogP contribution in [0.1, 0.15) is 33.1 Å². The minimum Gasteiger partial charge on any atom is -0.376 e. The van der Waals surface area contributed by atoms with Crippen LogP contribution in [0.3, 0.4) is 0 Å². The SMILES string of the molecule is CC1CCN(C(=O)NC2CCOC2C)CC1. The van der Waals surface area contributed by atoms with Gasteiger partial charge in [0.1, 0.15) is 0 Å². The number of rotatable bonds is 1. The lowest BCUT2D eigenvalue weighted by Crippen LogP contribution is -2.49. The van der Waals surface area contributed by atoms with Crippen molar-refractivity contribution in [1.29, 1.82) is 0 Å². The molecular formula is C12H22N2O2. The Morgan fingerprint density at radius 3 is 2.50 bits per heavy atom. The van der Waals surface area contributed by atoms with Crippen LogP contribution >= 0.6 is 0 Å². The van der Waals surface area contributed by atoms with E-state index in [2.05, 4.69) is 12.2 Å². The third-order valence-corrected chi connectivity index (χ3v) is 3.76. The van der Waals surface area contributed by atoms with Crippen LogP contribution < -0.4 is 5.32 Å². The summed E-state index contributed by atoms with van der Waals surface area (Å²) in [6.07, 6.45) is 3.36. The van der Waals surface area contributed by atoms with E-state index in [4.69, 9.17) is 4.74 Å². The smallest absolute Gasteiger partial charge is 0.317 e. The van der Waals surface area contributed by atoms with E-state index in [-0.39, 0.29) is 18.2 Å². The van der Waals surface area contributed by atoms with Crippen molar-refractivity contribution in [3.63, 3.8) is 0 Å². The third-order valence-electron chi connectivity index (χ3n) is 3.76. The number of hydrogen-bond donors (Lipinski definition) is 1. The van der Waals surface area contributed by atoms with Gasteiger partial charge in [-0.3, -0.25) is 0 Å². The maximum Gasteiger partial charge on any atom is 0.317 e. The Bertz CT molecular complexity index is 249. The maximum absolute atomic E-state index is 12.0. The van der Waals surface area contributed by atoms with Crippen LogP contribution in [-0.4, -0.2) is 42.8 Å². The van der Waals surface area contributed by atoms with Gasteiger partial charge in [-0.05, 0) is 32.1 Å². The van der Waals surface area contributed by atoms with Crippen molar-refractivity contribution >= 4 is 6.03 Å². The summed E-state index contributed by atoms with van der Waals surface area (Å²) in [6.45, 7) is 6.84. The molecule has 2 rings (SSSR count). The number of likely N-dealkylation sites (tertiary alicyclic amines) is 1. The summed E-state index contributed by atoms with van der Waals surface area (Å²) in [6, 6.07) is 0.293. The number of carbonyl (C=O) groups is 1. The molecule has 0 saturated carbocycles. The Labute approximate surface area is 97.3 Å². The molecule has 0 aliphatic carbocycles. The molecule has 2 fully saturated rings. The molecule has 2 heterocycles. The summed E-state index contributed by atoms with van der Waals surface area (Å²) in [5.74, 6) is 0.762. The summed E-state index contributed by atoms with van der Waals surface area (Å²) in [5.41, 5.74) is 0. The lowest BCUT2D eigenvalue weighted by Gasteiger charge is -2.31. The maximum atomic E-state index is 12.0. The average Bonchev–Trinajstić information content (AvgIpc) is 2.65. The molecule has 4 nitrogen and oxygen atoms in total. The molecule has 16 heavy (non-hydrogen) atoms. The van der Waals surface area contributed by atoms with Gasteiger partial charge in [-0.2, -0.15) is 0 Å². The summed E-state index contributed by atoms with van der Waals surface area (Å²) in [5, 5.41) is 3.08. The zero-order valence-corrected chi connectivity index (χ0v) is 10.2. The number of carbonyl (C=O) groups excluding carboxylic acids is 1. The van der Waals surface area contributed by atoms with Crippen molar-refractivity contribution in [3.05, 3.63) is 0 Å².